The summed E-state index contributed by atoms with van der Waals surface area (Å²) in [4.78, 5) is 15.3. The number of carbonyl (C=O) groups excluding carboxylic acids is 1. The van der Waals surface area contributed by atoms with Crippen molar-refractivity contribution in [3.63, 3.8) is 0 Å². The van der Waals surface area contributed by atoms with Crippen molar-refractivity contribution in [3.05, 3.63) is 46.7 Å². The Labute approximate surface area is 171 Å². The molecule has 1 amide bonds. The van der Waals surface area contributed by atoms with E-state index in [9.17, 15) is 4.79 Å². The number of carbonyl (C=O) groups is 1. The monoisotopic (exact) mass is 402 g/mol. The molecule has 1 fully saturated rings. The molecule has 0 spiro atoms. The average molecular weight is 403 g/mol. The van der Waals surface area contributed by atoms with Gasteiger partial charge < -0.3 is 18.9 Å². The molecule has 3 heterocycles. The molecule has 2 aliphatic heterocycles. The summed E-state index contributed by atoms with van der Waals surface area (Å²) in [6.07, 6.45) is 7.56. The number of halogens is 1. The molecule has 1 saturated heterocycles. The van der Waals surface area contributed by atoms with E-state index in [1.165, 1.54) is 12.1 Å². The minimum absolute atomic E-state index is 0.130. The molecule has 0 N–H and O–H groups in total. The van der Waals surface area contributed by atoms with Gasteiger partial charge in [-0.25, -0.2) is 0 Å². The molecule has 1 aromatic carbocycles. The number of rotatable bonds is 3. The molecule has 28 heavy (non-hydrogen) atoms. The summed E-state index contributed by atoms with van der Waals surface area (Å²) in [6.45, 7) is 1.99. The van der Waals surface area contributed by atoms with Crippen molar-refractivity contribution in [3.8, 4) is 11.5 Å². The SMILES string of the molecule is Cn1cccc1[C@@H]1CCCCCN1C(=O)Cc1cc(Cl)c2c(c1)OCCCO2. The van der Waals surface area contributed by atoms with Crippen LogP contribution < -0.4 is 9.47 Å². The van der Waals surface area contributed by atoms with Crippen molar-refractivity contribution in [2.45, 2.75) is 44.6 Å². The maximum atomic E-state index is 13.3. The van der Waals surface area contributed by atoms with Crippen molar-refractivity contribution < 1.29 is 14.3 Å². The first-order chi connectivity index (χ1) is 13.6. The predicted molar refractivity (Wildman–Crippen MR) is 109 cm³/mol. The summed E-state index contributed by atoms with van der Waals surface area (Å²) in [5, 5.41) is 0.511. The summed E-state index contributed by atoms with van der Waals surface area (Å²) in [5.74, 6) is 1.37. The molecule has 1 aromatic heterocycles. The molecule has 4 rings (SSSR count). The molecule has 0 saturated carbocycles. The van der Waals surface area contributed by atoms with Crippen LogP contribution in [0.25, 0.3) is 0 Å². The lowest BCUT2D eigenvalue weighted by Crippen LogP contribution is -2.36. The molecule has 150 valence electrons. The number of aryl methyl sites for hydroxylation is 1. The number of hydrogen-bond acceptors (Lipinski definition) is 3. The molecule has 0 radical (unpaired) electrons. The highest BCUT2D eigenvalue weighted by molar-refractivity contribution is 6.32. The van der Waals surface area contributed by atoms with Gasteiger partial charge in [0.1, 0.15) is 0 Å². The van der Waals surface area contributed by atoms with E-state index in [2.05, 4.69) is 15.5 Å². The lowest BCUT2D eigenvalue weighted by molar-refractivity contribution is -0.133. The van der Waals surface area contributed by atoms with Gasteiger partial charge in [0.25, 0.3) is 0 Å². The van der Waals surface area contributed by atoms with Crippen LogP contribution in [0.5, 0.6) is 11.5 Å². The molecular formula is C22H27ClN2O3. The fraction of sp³-hybridized carbons (Fsp3) is 0.500. The predicted octanol–water partition coefficient (Wildman–Crippen LogP) is 4.53. The van der Waals surface area contributed by atoms with Crippen LogP contribution in [0.1, 0.15) is 49.4 Å². The van der Waals surface area contributed by atoms with Gasteiger partial charge in [0.15, 0.2) is 11.5 Å². The summed E-state index contributed by atoms with van der Waals surface area (Å²) in [5.41, 5.74) is 2.07. The molecule has 2 aromatic rings. The normalized spacial score (nSPS) is 19.8. The zero-order valence-electron chi connectivity index (χ0n) is 16.3. The van der Waals surface area contributed by atoms with Gasteiger partial charge in [-0.05, 0) is 42.7 Å². The van der Waals surface area contributed by atoms with E-state index >= 15 is 0 Å². The number of fused-ring (bicyclic) bond motifs is 1. The third-order valence-corrected chi connectivity index (χ3v) is 5.90. The van der Waals surface area contributed by atoms with E-state index < -0.39 is 0 Å². The van der Waals surface area contributed by atoms with Gasteiger partial charge in [0.2, 0.25) is 5.91 Å². The fourth-order valence-electron chi connectivity index (χ4n) is 4.20. The second kappa shape index (κ2) is 8.48. The van der Waals surface area contributed by atoms with Gasteiger partial charge in [0.05, 0.1) is 30.7 Å². The van der Waals surface area contributed by atoms with Gasteiger partial charge in [-0.1, -0.05) is 24.4 Å². The maximum absolute atomic E-state index is 13.3. The third-order valence-electron chi connectivity index (χ3n) is 5.62. The average Bonchev–Trinajstić information content (AvgIpc) is 2.88. The Kier molecular flexibility index (Phi) is 5.81. The smallest absolute Gasteiger partial charge is 0.227 e. The Morgan fingerprint density at radius 2 is 2.04 bits per heavy atom. The first kappa shape index (κ1) is 19.2. The van der Waals surface area contributed by atoms with E-state index in [0.717, 1.165) is 37.8 Å². The van der Waals surface area contributed by atoms with Gasteiger partial charge in [-0.2, -0.15) is 0 Å². The lowest BCUT2D eigenvalue weighted by atomic mass is 10.0. The van der Waals surface area contributed by atoms with Crippen LogP contribution in [0.2, 0.25) is 5.02 Å². The zero-order chi connectivity index (χ0) is 19.5. The second-order valence-corrected chi connectivity index (χ2v) is 8.04. The number of aromatic nitrogens is 1. The topological polar surface area (TPSA) is 43.7 Å². The Bertz CT molecular complexity index is 848. The number of ether oxygens (including phenoxy) is 2. The van der Waals surface area contributed by atoms with Gasteiger partial charge in [0, 0.05) is 31.9 Å². The van der Waals surface area contributed by atoms with Crippen LogP contribution in [-0.2, 0) is 18.3 Å². The van der Waals surface area contributed by atoms with Gasteiger partial charge in [-0.15, -0.1) is 0 Å². The van der Waals surface area contributed by atoms with Crippen LogP contribution in [0, 0.1) is 0 Å². The first-order valence-corrected chi connectivity index (χ1v) is 10.5. The van der Waals surface area contributed by atoms with E-state index in [4.69, 9.17) is 21.1 Å². The fourth-order valence-corrected chi connectivity index (χ4v) is 4.49. The highest BCUT2D eigenvalue weighted by Crippen LogP contribution is 2.38. The van der Waals surface area contributed by atoms with Crippen molar-refractivity contribution in [2.75, 3.05) is 19.8 Å². The maximum Gasteiger partial charge on any atom is 0.227 e. The minimum Gasteiger partial charge on any atom is -0.489 e. The van der Waals surface area contributed by atoms with Crippen molar-refractivity contribution >= 4 is 17.5 Å². The third kappa shape index (κ3) is 4.00. The zero-order valence-corrected chi connectivity index (χ0v) is 17.1. The molecule has 6 heteroatoms. The molecule has 5 nitrogen and oxygen atoms in total. The van der Waals surface area contributed by atoms with Crippen LogP contribution in [0.3, 0.4) is 0 Å². The quantitative estimate of drug-likeness (QED) is 0.757. The highest BCUT2D eigenvalue weighted by Gasteiger charge is 2.28. The Balaban J connectivity index is 1.57. The minimum atomic E-state index is 0.130. The largest absolute Gasteiger partial charge is 0.489 e. The molecule has 0 aliphatic carbocycles. The van der Waals surface area contributed by atoms with Gasteiger partial charge >= 0.3 is 0 Å². The molecule has 2 aliphatic rings. The summed E-state index contributed by atoms with van der Waals surface area (Å²) >= 11 is 6.41. The van der Waals surface area contributed by atoms with Crippen LogP contribution >= 0.6 is 11.6 Å². The molecule has 1 atom stereocenters. The number of nitrogens with zero attached hydrogens (tertiary/aromatic N) is 2. The van der Waals surface area contributed by atoms with Crippen LogP contribution in [0.4, 0.5) is 0 Å². The van der Waals surface area contributed by atoms with Gasteiger partial charge in [-0.3, -0.25) is 4.79 Å². The Morgan fingerprint density at radius 3 is 2.86 bits per heavy atom. The second-order valence-electron chi connectivity index (χ2n) is 7.63. The van der Waals surface area contributed by atoms with Crippen molar-refractivity contribution in [1.82, 2.24) is 9.47 Å². The molecule has 0 bridgehead atoms. The summed E-state index contributed by atoms with van der Waals surface area (Å²) < 4.78 is 13.6. The van der Waals surface area contributed by atoms with E-state index in [1.54, 1.807) is 0 Å². The van der Waals surface area contributed by atoms with Crippen molar-refractivity contribution in [1.29, 1.82) is 0 Å². The van der Waals surface area contributed by atoms with Crippen LogP contribution in [0.15, 0.2) is 30.5 Å². The summed E-state index contributed by atoms with van der Waals surface area (Å²) in [7, 11) is 2.05. The van der Waals surface area contributed by atoms with E-state index in [1.807, 2.05) is 31.4 Å². The Hall–Kier alpha value is -2.14. The molecule has 0 unspecified atom stereocenters. The summed E-state index contributed by atoms with van der Waals surface area (Å²) in [6, 6.07) is 8.04. The first-order valence-electron chi connectivity index (χ1n) is 10.1. The highest BCUT2D eigenvalue weighted by atomic mass is 35.5. The number of hydrogen-bond donors (Lipinski definition) is 0. The number of benzene rings is 1. The number of likely N-dealkylation sites (tertiary alicyclic amines) is 1. The Morgan fingerprint density at radius 1 is 1.18 bits per heavy atom. The van der Waals surface area contributed by atoms with E-state index in [0.29, 0.717) is 36.2 Å². The lowest BCUT2D eigenvalue weighted by Gasteiger charge is -2.31. The molecular weight excluding hydrogens is 376 g/mol. The van der Waals surface area contributed by atoms with Crippen molar-refractivity contribution in [2.24, 2.45) is 7.05 Å². The number of amides is 1. The van der Waals surface area contributed by atoms with Crippen LogP contribution in [-0.4, -0.2) is 35.1 Å². The van der Waals surface area contributed by atoms with E-state index in [-0.39, 0.29) is 11.9 Å². The standard InChI is InChI=1S/C22H27ClN2O3/c1-24-9-5-8-18(24)19-7-3-2-4-10-25(19)21(26)15-16-13-17(23)22-20(14-16)27-11-6-12-28-22/h5,8-9,13-14,19H,2-4,6-7,10-12,15H2,1H3/t19-/m0/s1.